The van der Waals surface area contributed by atoms with Crippen LogP contribution in [0, 0.1) is 11.7 Å². The number of amides is 1. The summed E-state index contributed by atoms with van der Waals surface area (Å²) < 4.78 is 13.7. The van der Waals surface area contributed by atoms with Crippen molar-refractivity contribution >= 4 is 11.9 Å². The molecule has 2 N–H and O–H groups in total. The third-order valence-corrected chi connectivity index (χ3v) is 8.18. The van der Waals surface area contributed by atoms with Gasteiger partial charge in [-0.15, -0.1) is 0 Å². The molecule has 2 fully saturated rings. The van der Waals surface area contributed by atoms with Gasteiger partial charge in [0, 0.05) is 50.9 Å². The number of aliphatic carboxylic acids is 1. The Hall–Kier alpha value is -3.75. The summed E-state index contributed by atoms with van der Waals surface area (Å²) in [5, 5.41) is 19.5. The topological polar surface area (TPSA) is 84.3 Å². The fourth-order valence-corrected chi connectivity index (χ4v) is 6.06. The van der Waals surface area contributed by atoms with Crippen molar-refractivity contribution < 1.29 is 24.2 Å². The van der Waals surface area contributed by atoms with Crippen LogP contribution in [0.1, 0.15) is 52.9 Å². The Balaban J connectivity index is 1.33. The van der Waals surface area contributed by atoms with Crippen LogP contribution in [-0.4, -0.2) is 75.6 Å². The predicted octanol–water partition coefficient (Wildman–Crippen LogP) is 4.76. The fourth-order valence-electron chi connectivity index (χ4n) is 6.06. The highest BCUT2D eigenvalue weighted by Gasteiger charge is 2.32. The SMILES string of the molecule is CC1CN(Cc2cccc(F)c2)CCN1C(c1ccc(C(=O)N2CCC(C(=O)O)CC2)cc1)c1cccc(O)c1. The number of phenols is 1. The molecule has 2 heterocycles. The smallest absolute Gasteiger partial charge is 0.306 e. The molecule has 0 aromatic heterocycles. The molecule has 7 nitrogen and oxygen atoms in total. The highest BCUT2D eigenvalue weighted by atomic mass is 19.1. The molecular formula is C32H36FN3O4. The maximum atomic E-state index is 13.7. The van der Waals surface area contributed by atoms with Crippen molar-refractivity contribution in [1.29, 1.82) is 0 Å². The maximum absolute atomic E-state index is 13.7. The lowest BCUT2D eigenvalue weighted by atomic mass is 9.93. The van der Waals surface area contributed by atoms with Crippen LogP contribution >= 0.6 is 0 Å². The number of carbonyl (C=O) groups excluding carboxylic acids is 1. The van der Waals surface area contributed by atoms with Crippen LogP contribution < -0.4 is 0 Å². The number of aromatic hydroxyl groups is 1. The number of phenolic OH excluding ortho intramolecular Hbond substituents is 1. The van der Waals surface area contributed by atoms with Crippen LogP contribution in [0.4, 0.5) is 4.39 Å². The van der Waals surface area contributed by atoms with Crippen molar-refractivity contribution in [2.45, 2.75) is 38.4 Å². The summed E-state index contributed by atoms with van der Waals surface area (Å²) >= 11 is 0. The Morgan fingerprint density at radius 3 is 2.30 bits per heavy atom. The molecule has 2 unspecified atom stereocenters. The summed E-state index contributed by atoms with van der Waals surface area (Å²) in [5.74, 6) is -1.27. The monoisotopic (exact) mass is 545 g/mol. The summed E-state index contributed by atoms with van der Waals surface area (Å²) in [4.78, 5) is 30.9. The second kappa shape index (κ2) is 12.2. The van der Waals surface area contributed by atoms with Crippen molar-refractivity contribution in [3.8, 4) is 5.75 Å². The van der Waals surface area contributed by atoms with Crippen molar-refractivity contribution in [3.05, 3.63) is 101 Å². The van der Waals surface area contributed by atoms with E-state index in [9.17, 15) is 24.2 Å². The second-order valence-corrected chi connectivity index (χ2v) is 11.0. The molecule has 8 heteroatoms. The molecule has 1 amide bonds. The number of nitrogens with zero attached hydrogens (tertiary/aromatic N) is 3. The van der Waals surface area contributed by atoms with E-state index >= 15 is 0 Å². The highest BCUT2D eigenvalue weighted by Crippen LogP contribution is 2.34. The molecule has 3 aromatic carbocycles. The number of piperidine rings is 1. The number of benzene rings is 3. The summed E-state index contributed by atoms with van der Waals surface area (Å²) in [6, 6.07) is 21.8. The first-order valence-corrected chi connectivity index (χ1v) is 13.9. The number of likely N-dealkylation sites (tertiary alicyclic amines) is 1. The number of hydrogen-bond donors (Lipinski definition) is 2. The van der Waals surface area contributed by atoms with E-state index in [2.05, 4.69) is 16.7 Å². The van der Waals surface area contributed by atoms with Gasteiger partial charge >= 0.3 is 5.97 Å². The summed E-state index contributed by atoms with van der Waals surface area (Å²) in [7, 11) is 0. The standard InChI is InChI=1S/C32H36FN3O4/c1-22-20-34(21-23-4-2-6-28(33)18-23)16-17-36(22)30(27-5-3-7-29(37)19-27)24-8-10-25(11-9-24)31(38)35-14-12-26(13-15-35)32(39)40/h2-11,18-19,22,26,30,37H,12-17,20-21H2,1H3,(H,39,40). The number of carboxylic acids is 1. The van der Waals surface area contributed by atoms with E-state index < -0.39 is 5.97 Å². The summed E-state index contributed by atoms with van der Waals surface area (Å²) in [5.41, 5.74) is 3.54. The van der Waals surface area contributed by atoms with Gasteiger partial charge in [0.2, 0.25) is 0 Å². The quantitative estimate of drug-likeness (QED) is 0.445. The first kappa shape index (κ1) is 27.8. The first-order valence-electron chi connectivity index (χ1n) is 13.9. The van der Waals surface area contributed by atoms with E-state index in [-0.39, 0.29) is 35.5 Å². The van der Waals surface area contributed by atoms with E-state index in [1.165, 1.54) is 6.07 Å². The molecule has 2 aliphatic heterocycles. The molecule has 0 spiro atoms. The summed E-state index contributed by atoms with van der Waals surface area (Å²) in [6.45, 7) is 6.19. The lowest BCUT2D eigenvalue weighted by Crippen LogP contribution is -2.52. The number of carbonyl (C=O) groups is 2. The van der Waals surface area contributed by atoms with Gasteiger partial charge < -0.3 is 15.1 Å². The van der Waals surface area contributed by atoms with Gasteiger partial charge in [-0.25, -0.2) is 4.39 Å². The minimum atomic E-state index is -0.793. The van der Waals surface area contributed by atoms with Crippen molar-refractivity contribution in [2.24, 2.45) is 5.92 Å². The zero-order valence-corrected chi connectivity index (χ0v) is 22.7. The summed E-state index contributed by atoms with van der Waals surface area (Å²) in [6.07, 6.45) is 0.948. The van der Waals surface area contributed by atoms with Gasteiger partial charge in [0.05, 0.1) is 12.0 Å². The normalized spacial score (nSPS) is 19.9. The molecule has 2 saturated heterocycles. The molecule has 2 aliphatic rings. The van der Waals surface area contributed by atoms with Crippen LogP contribution in [0.3, 0.4) is 0 Å². The molecular weight excluding hydrogens is 509 g/mol. The van der Waals surface area contributed by atoms with Gasteiger partial charge in [-0.05, 0) is 72.9 Å². The molecule has 0 bridgehead atoms. The minimum Gasteiger partial charge on any atom is -0.508 e. The van der Waals surface area contributed by atoms with Crippen LogP contribution in [0.2, 0.25) is 0 Å². The van der Waals surface area contributed by atoms with Crippen molar-refractivity contribution in [1.82, 2.24) is 14.7 Å². The second-order valence-electron chi connectivity index (χ2n) is 11.0. The predicted molar refractivity (Wildman–Crippen MR) is 151 cm³/mol. The van der Waals surface area contributed by atoms with E-state index in [0.717, 1.165) is 36.3 Å². The van der Waals surface area contributed by atoms with Gasteiger partial charge in [-0.1, -0.05) is 36.4 Å². The molecule has 40 heavy (non-hydrogen) atoms. The largest absolute Gasteiger partial charge is 0.508 e. The third kappa shape index (κ3) is 6.35. The third-order valence-electron chi connectivity index (χ3n) is 8.18. The van der Waals surface area contributed by atoms with Crippen molar-refractivity contribution in [2.75, 3.05) is 32.7 Å². The van der Waals surface area contributed by atoms with E-state index in [0.29, 0.717) is 38.0 Å². The lowest BCUT2D eigenvalue weighted by Gasteiger charge is -2.44. The molecule has 0 aliphatic carbocycles. The number of rotatable bonds is 7. The minimum absolute atomic E-state index is 0.0800. The van der Waals surface area contributed by atoms with E-state index in [4.69, 9.17) is 0 Å². The zero-order chi connectivity index (χ0) is 28.2. The van der Waals surface area contributed by atoms with Gasteiger partial charge in [0.1, 0.15) is 11.6 Å². The number of piperazine rings is 1. The van der Waals surface area contributed by atoms with Crippen LogP contribution in [-0.2, 0) is 11.3 Å². The molecule has 3 aromatic rings. The first-order chi connectivity index (χ1) is 19.3. The van der Waals surface area contributed by atoms with Gasteiger partial charge in [-0.3, -0.25) is 19.4 Å². The Labute approximate surface area is 234 Å². The Bertz CT molecular complexity index is 1340. The van der Waals surface area contributed by atoms with Crippen LogP contribution in [0.15, 0.2) is 72.8 Å². The lowest BCUT2D eigenvalue weighted by molar-refractivity contribution is -0.143. The molecule has 0 saturated carbocycles. The number of carboxylic acid groups (broad SMARTS) is 1. The Morgan fingerprint density at radius 1 is 0.925 bits per heavy atom. The average molecular weight is 546 g/mol. The zero-order valence-electron chi connectivity index (χ0n) is 22.7. The van der Waals surface area contributed by atoms with Gasteiger partial charge in [-0.2, -0.15) is 0 Å². The number of hydrogen-bond acceptors (Lipinski definition) is 5. The molecule has 2 atom stereocenters. The highest BCUT2D eigenvalue weighted by molar-refractivity contribution is 5.94. The van der Waals surface area contributed by atoms with Gasteiger partial charge in [0.25, 0.3) is 5.91 Å². The fraction of sp³-hybridized carbons (Fsp3) is 0.375. The Morgan fingerprint density at radius 2 is 1.65 bits per heavy atom. The van der Waals surface area contributed by atoms with E-state index in [1.807, 2.05) is 42.5 Å². The molecule has 5 rings (SSSR count). The Kier molecular flexibility index (Phi) is 8.47. The average Bonchev–Trinajstić information content (AvgIpc) is 2.94. The van der Waals surface area contributed by atoms with Crippen molar-refractivity contribution in [3.63, 3.8) is 0 Å². The molecule has 210 valence electrons. The number of halogens is 1. The van der Waals surface area contributed by atoms with Crippen LogP contribution in [0.5, 0.6) is 5.75 Å². The van der Waals surface area contributed by atoms with Crippen LogP contribution in [0.25, 0.3) is 0 Å². The maximum Gasteiger partial charge on any atom is 0.306 e. The van der Waals surface area contributed by atoms with E-state index in [1.54, 1.807) is 29.2 Å². The molecule has 0 radical (unpaired) electrons. The van der Waals surface area contributed by atoms with Gasteiger partial charge in [0.15, 0.2) is 0 Å².